The molecule has 0 spiro atoms. The van der Waals surface area contributed by atoms with E-state index in [4.69, 9.17) is 4.74 Å². The normalized spacial score (nSPS) is 13.1. The van der Waals surface area contributed by atoms with Crippen LogP contribution in [0, 0.1) is 0 Å². The van der Waals surface area contributed by atoms with Gasteiger partial charge in [0, 0.05) is 24.3 Å². The van der Waals surface area contributed by atoms with Crippen molar-refractivity contribution in [3.05, 3.63) is 89.5 Å². The van der Waals surface area contributed by atoms with E-state index in [-0.39, 0.29) is 17.3 Å². The lowest BCUT2D eigenvalue weighted by Crippen LogP contribution is -2.28. The number of amides is 1. The van der Waals surface area contributed by atoms with Crippen molar-refractivity contribution in [2.45, 2.75) is 24.8 Å². The number of benzene rings is 3. The van der Waals surface area contributed by atoms with Gasteiger partial charge in [-0.3, -0.25) is 4.79 Å². The van der Waals surface area contributed by atoms with E-state index >= 15 is 0 Å². The van der Waals surface area contributed by atoms with Gasteiger partial charge < -0.3 is 9.64 Å². The smallest absolute Gasteiger partial charge is 0.258 e. The molecule has 1 heterocycles. The summed E-state index contributed by atoms with van der Waals surface area (Å²) >= 11 is 0. The molecular formula is C24H24N2O4S. The third kappa shape index (κ3) is 4.62. The Kier molecular flexibility index (Phi) is 6.06. The van der Waals surface area contributed by atoms with Crippen LogP contribution in [-0.2, 0) is 23.0 Å². The molecule has 3 aromatic carbocycles. The average molecular weight is 437 g/mol. The fourth-order valence-electron chi connectivity index (χ4n) is 3.66. The number of nitrogens with one attached hydrogen (secondary N) is 1. The summed E-state index contributed by atoms with van der Waals surface area (Å²) in [5.41, 5.74) is 3.43. The van der Waals surface area contributed by atoms with Crippen LogP contribution < -0.4 is 14.4 Å². The first-order valence-electron chi connectivity index (χ1n) is 10.2. The predicted octanol–water partition coefficient (Wildman–Crippen LogP) is 3.77. The van der Waals surface area contributed by atoms with Crippen LogP contribution in [0.5, 0.6) is 5.75 Å². The van der Waals surface area contributed by atoms with Crippen LogP contribution in [0.3, 0.4) is 0 Å². The van der Waals surface area contributed by atoms with Crippen LogP contribution in [0.1, 0.15) is 28.4 Å². The lowest BCUT2D eigenvalue weighted by atomic mass is 10.1. The third-order valence-corrected chi connectivity index (χ3v) is 6.63. The van der Waals surface area contributed by atoms with E-state index in [1.807, 2.05) is 55.5 Å². The zero-order chi connectivity index (χ0) is 21.8. The first-order valence-corrected chi connectivity index (χ1v) is 11.7. The van der Waals surface area contributed by atoms with E-state index in [0.717, 1.165) is 23.2 Å². The molecule has 31 heavy (non-hydrogen) atoms. The van der Waals surface area contributed by atoms with E-state index in [0.29, 0.717) is 24.5 Å². The van der Waals surface area contributed by atoms with Gasteiger partial charge in [0.1, 0.15) is 5.75 Å². The van der Waals surface area contributed by atoms with Crippen LogP contribution in [0.15, 0.2) is 77.7 Å². The quantitative estimate of drug-likeness (QED) is 0.612. The van der Waals surface area contributed by atoms with E-state index in [9.17, 15) is 13.2 Å². The van der Waals surface area contributed by atoms with E-state index in [1.165, 1.54) is 12.1 Å². The number of sulfonamides is 1. The van der Waals surface area contributed by atoms with Crippen molar-refractivity contribution in [2.75, 3.05) is 18.1 Å². The second-order valence-electron chi connectivity index (χ2n) is 7.26. The SMILES string of the molecule is CCOc1ccc(S(=O)(=O)NCc2ccc3c(c2)CCN3C(=O)c2ccccc2)cc1. The van der Waals surface area contributed by atoms with Crippen molar-refractivity contribution in [2.24, 2.45) is 0 Å². The maximum atomic E-state index is 12.8. The molecule has 0 fully saturated rings. The van der Waals surface area contributed by atoms with Crippen LogP contribution in [0.2, 0.25) is 0 Å². The van der Waals surface area contributed by atoms with Crippen molar-refractivity contribution >= 4 is 21.6 Å². The summed E-state index contributed by atoms with van der Waals surface area (Å²) in [6.45, 7) is 3.19. The van der Waals surface area contributed by atoms with Crippen molar-refractivity contribution in [3.8, 4) is 5.75 Å². The fourth-order valence-corrected chi connectivity index (χ4v) is 4.67. The third-order valence-electron chi connectivity index (χ3n) is 5.22. The lowest BCUT2D eigenvalue weighted by Gasteiger charge is -2.17. The summed E-state index contributed by atoms with van der Waals surface area (Å²) in [5, 5.41) is 0. The Balaban J connectivity index is 1.44. The van der Waals surface area contributed by atoms with Gasteiger partial charge in [-0.05, 0) is 66.9 Å². The maximum Gasteiger partial charge on any atom is 0.258 e. The second-order valence-corrected chi connectivity index (χ2v) is 9.03. The van der Waals surface area contributed by atoms with Crippen molar-refractivity contribution in [1.29, 1.82) is 0 Å². The first-order chi connectivity index (χ1) is 15.0. The number of hydrogen-bond acceptors (Lipinski definition) is 4. The molecule has 0 radical (unpaired) electrons. The Morgan fingerprint density at radius 1 is 1.03 bits per heavy atom. The minimum Gasteiger partial charge on any atom is -0.494 e. The predicted molar refractivity (Wildman–Crippen MR) is 120 cm³/mol. The highest BCUT2D eigenvalue weighted by atomic mass is 32.2. The van der Waals surface area contributed by atoms with Gasteiger partial charge in [-0.15, -0.1) is 0 Å². The highest BCUT2D eigenvalue weighted by Crippen LogP contribution is 2.30. The number of fused-ring (bicyclic) bond motifs is 1. The number of ether oxygens (including phenoxy) is 1. The van der Waals surface area contributed by atoms with E-state index in [2.05, 4.69) is 4.72 Å². The number of rotatable bonds is 7. The molecule has 3 aromatic rings. The highest BCUT2D eigenvalue weighted by Gasteiger charge is 2.25. The first kappa shape index (κ1) is 21.1. The van der Waals surface area contributed by atoms with Gasteiger partial charge >= 0.3 is 0 Å². The van der Waals surface area contributed by atoms with Crippen molar-refractivity contribution in [1.82, 2.24) is 4.72 Å². The molecule has 0 bridgehead atoms. The molecule has 0 atom stereocenters. The largest absolute Gasteiger partial charge is 0.494 e. The zero-order valence-electron chi connectivity index (χ0n) is 17.2. The van der Waals surface area contributed by atoms with Crippen molar-refractivity contribution < 1.29 is 17.9 Å². The van der Waals surface area contributed by atoms with Crippen molar-refractivity contribution in [3.63, 3.8) is 0 Å². The van der Waals surface area contributed by atoms with Gasteiger partial charge in [-0.25, -0.2) is 13.1 Å². The Hall–Kier alpha value is -3.16. The molecular weight excluding hydrogens is 412 g/mol. The molecule has 6 nitrogen and oxygen atoms in total. The van der Waals surface area contributed by atoms with Crippen LogP contribution in [-0.4, -0.2) is 27.5 Å². The Labute approximate surface area is 182 Å². The molecule has 1 N–H and O–H groups in total. The van der Waals surface area contributed by atoms with Gasteiger partial charge in [0.2, 0.25) is 10.0 Å². The standard InChI is InChI=1S/C24H24N2O4S/c1-2-30-21-9-11-22(12-10-21)31(28,29)25-17-18-8-13-23-20(16-18)14-15-26(23)24(27)19-6-4-3-5-7-19/h3-13,16,25H,2,14-15,17H2,1H3. The van der Waals surface area contributed by atoms with E-state index < -0.39 is 10.0 Å². The highest BCUT2D eigenvalue weighted by molar-refractivity contribution is 7.89. The van der Waals surface area contributed by atoms with Gasteiger partial charge in [-0.2, -0.15) is 0 Å². The van der Waals surface area contributed by atoms with Gasteiger partial charge in [0.25, 0.3) is 5.91 Å². The molecule has 1 amide bonds. The molecule has 0 aliphatic carbocycles. The Morgan fingerprint density at radius 2 is 1.77 bits per heavy atom. The molecule has 0 aromatic heterocycles. The van der Waals surface area contributed by atoms with Crippen LogP contribution in [0.4, 0.5) is 5.69 Å². The molecule has 0 saturated heterocycles. The number of hydrogen-bond donors (Lipinski definition) is 1. The minimum atomic E-state index is -3.63. The number of anilines is 1. The summed E-state index contributed by atoms with van der Waals surface area (Å²) in [7, 11) is -3.63. The zero-order valence-corrected chi connectivity index (χ0v) is 18.1. The molecule has 4 rings (SSSR count). The Bertz CT molecular complexity index is 1180. The fraction of sp³-hybridized carbons (Fsp3) is 0.208. The number of carbonyl (C=O) groups excluding carboxylic acids is 1. The maximum absolute atomic E-state index is 12.8. The molecule has 1 aliphatic rings. The number of carbonyl (C=O) groups is 1. The molecule has 0 unspecified atom stereocenters. The monoisotopic (exact) mass is 436 g/mol. The minimum absolute atomic E-state index is 0.0247. The van der Waals surface area contributed by atoms with Crippen LogP contribution >= 0.6 is 0 Å². The molecule has 0 saturated carbocycles. The molecule has 160 valence electrons. The number of nitrogens with zero attached hydrogens (tertiary/aromatic N) is 1. The molecule has 1 aliphatic heterocycles. The summed E-state index contributed by atoms with van der Waals surface area (Å²) in [6, 6.07) is 21.3. The summed E-state index contributed by atoms with van der Waals surface area (Å²) in [5.74, 6) is 0.609. The summed E-state index contributed by atoms with van der Waals surface area (Å²) in [6.07, 6.45) is 0.743. The summed E-state index contributed by atoms with van der Waals surface area (Å²) < 4.78 is 33.2. The Morgan fingerprint density at radius 3 is 2.48 bits per heavy atom. The van der Waals surface area contributed by atoms with Gasteiger partial charge in [0.15, 0.2) is 0 Å². The second kappa shape index (κ2) is 8.91. The lowest BCUT2D eigenvalue weighted by molar-refractivity contribution is 0.0989. The van der Waals surface area contributed by atoms with E-state index in [1.54, 1.807) is 17.0 Å². The molecule has 7 heteroatoms. The summed E-state index contributed by atoms with van der Waals surface area (Å²) in [4.78, 5) is 14.8. The topological polar surface area (TPSA) is 75.7 Å². The van der Waals surface area contributed by atoms with Crippen LogP contribution in [0.25, 0.3) is 0 Å². The van der Waals surface area contributed by atoms with Gasteiger partial charge in [0.05, 0.1) is 11.5 Å². The van der Waals surface area contributed by atoms with Gasteiger partial charge in [-0.1, -0.05) is 30.3 Å². The average Bonchev–Trinajstić information content (AvgIpc) is 3.22.